The number of nitrogen functional groups attached to an aromatic ring is 1. The van der Waals surface area contributed by atoms with Gasteiger partial charge in [0.05, 0.1) is 6.20 Å². The molecule has 0 saturated heterocycles. The van der Waals surface area contributed by atoms with E-state index in [-0.39, 0.29) is 0 Å². The SMILES string of the molecule is Cc1c(C2CCCCC2)nc(N)c(C#N)c1-c1cnn(C)c1. The van der Waals surface area contributed by atoms with Crippen LogP contribution in [-0.2, 0) is 7.05 Å². The van der Waals surface area contributed by atoms with Crippen molar-refractivity contribution in [2.75, 3.05) is 5.73 Å². The van der Waals surface area contributed by atoms with Crippen molar-refractivity contribution in [3.05, 3.63) is 29.2 Å². The highest BCUT2D eigenvalue weighted by Gasteiger charge is 2.24. The lowest BCUT2D eigenvalue weighted by atomic mass is 9.83. The number of aromatic nitrogens is 3. The average molecular weight is 295 g/mol. The molecule has 2 aromatic heterocycles. The van der Waals surface area contributed by atoms with Crippen LogP contribution in [0, 0.1) is 18.3 Å². The van der Waals surface area contributed by atoms with E-state index in [1.807, 2.05) is 13.2 Å². The smallest absolute Gasteiger partial charge is 0.142 e. The van der Waals surface area contributed by atoms with Crippen LogP contribution >= 0.6 is 0 Å². The van der Waals surface area contributed by atoms with Crippen LogP contribution in [0.3, 0.4) is 0 Å². The summed E-state index contributed by atoms with van der Waals surface area (Å²) in [5.41, 5.74) is 10.5. The number of nitrogens with two attached hydrogens (primary N) is 1. The Morgan fingerprint density at radius 3 is 2.64 bits per heavy atom. The normalized spacial score (nSPS) is 15.7. The number of hydrogen-bond donors (Lipinski definition) is 1. The Bertz CT molecular complexity index is 732. The molecule has 5 nitrogen and oxygen atoms in total. The first-order chi connectivity index (χ1) is 10.6. The van der Waals surface area contributed by atoms with Crippen LogP contribution in [0.2, 0.25) is 0 Å². The predicted molar refractivity (Wildman–Crippen MR) is 86.1 cm³/mol. The van der Waals surface area contributed by atoms with Gasteiger partial charge in [0.25, 0.3) is 0 Å². The second-order valence-electron chi connectivity index (χ2n) is 6.11. The Kier molecular flexibility index (Phi) is 3.84. The second-order valence-corrected chi connectivity index (χ2v) is 6.11. The van der Waals surface area contributed by atoms with E-state index in [1.54, 1.807) is 10.9 Å². The zero-order valence-electron chi connectivity index (χ0n) is 13.1. The monoisotopic (exact) mass is 295 g/mol. The molecule has 0 spiro atoms. The lowest BCUT2D eigenvalue weighted by molar-refractivity contribution is 0.435. The summed E-state index contributed by atoms with van der Waals surface area (Å²) < 4.78 is 1.74. The first-order valence-corrected chi connectivity index (χ1v) is 7.81. The van der Waals surface area contributed by atoms with Crippen LogP contribution in [0.15, 0.2) is 12.4 Å². The molecule has 22 heavy (non-hydrogen) atoms. The predicted octanol–water partition coefficient (Wildman–Crippen LogP) is 3.29. The molecule has 0 radical (unpaired) electrons. The molecule has 0 unspecified atom stereocenters. The molecule has 114 valence electrons. The Balaban J connectivity index is 2.18. The third-order valence-electron chi connectivity index (χ3n) is 4.60. The van der Waals surface area contributed by atoms with Gasteiger partial charge in [0.15, 0.2) is 0 Å². The van der Waals surface area contributed by atoms with Crippen molar-refractivity contribution < 1.29 is 0 Å². The molecule has 2 aromatic rings. The number of nitrogens with zero attached hydrogens (tertiary/aromatic N) is 4. The molecule has 0 aliphatic heterocycles. The van der Waals surface area contributed by atoms with Gasteiger partial charge in [0.2, 0.25) is 0 Å². The lowest BCUT2D eigenvalue weighted by Gasteiger charge is -2.24. The maximum atomic E-state index is 9.50. The highest BCUT2D eigenvalue weighted by atomic mass is 15.2. The molecule has 0 amide bonds. The van der Waals surface area contributed by atoms with Crippen molar-refractivity contribution in [1.29, 1.82) is 5.26 Å². The van der Waals surface area contributed by atoms with Gasteiger partial charge in [-0.3, -0.25) is 4.68 Å². The highest BCUT2D eigenvalue weighted by Crippen LogP contribution is 2.39. The third-order valence-corrected chi connectivity index (χ3v) is 4.60. The molecule has 0 bridgehead atoms. The van der Waals surface area contributed by atoms with E-state index in [9.17, 15) is 5.26 Å². The first kappa shape index (κ1) is 14.6. The van der Waals surface area contributed by atoms with Gasteiger partial charge in [-0.05, 0) is 25.3 Å². The van der Waals surface area contributed by atoms with E-state index in [1.165, 1.54) is 19.3 Å². The quantitative estimate of drug-likeness (QED) is 0.921. The molecule has 1 aliphatic rings. The van der Waals surface area contributed by atoms with Crippen LogP contribution in [0.25, 0.3) is 11.1 Å². The molecule has 2 heterocycles. The Morgan fingerprint density at radius 1 is 1.32 bits per heavy atom. The summed E-state index contributed by atoms with van der Waals surface area (Å²) in [4.78, 5) is 4.59. The fourth-order valence-corrected chi connectivity index (χ4v) is 3.51. The van der Waals surface area contributed by atoms with Gasteiger partial charge < -0.3 is 5.73 Å². The van der Waals surface area contributed by atoms with E-state index in [4.69, 9.17) is 5.73 Å². The number of anilines is 1. The summed E-state index contributed by atoms with van der Waals surface area (Å²) in [6, 6.07) is 2.22. The Labute approximate surface area is 130 Å². The summed E-state index contributed by atoms with van der Waals surface area (Å²) >= 11 is 0. The minimum atomic E-state index is 0.340. The number of hydrogen-bond acceptors (Lipinski definition) is 4. The zero-order valence-corrected chi connectivity index (χ0v) is 13.1. The minimum Gasteiger partial charge on any atom is -0.383 e. The van der Waals surface area contributed by atoms with E-state index in [0.29, 0.717) is 17.3 Å². The van der Waals surface area contributed by atoms with Crippen LogP contribution in [0.5, 0.6) is 0 Å². The van der Waals surface area contributed by atoms with Crippen molar-refractivity contribution in [3.63, 3.8) is 0 Å². The molecule has 2 N–H and O–H groups in total. The molecule has 0 aromatic carbocycles. The summed E-state index contributed by atoms with van der Waals surface area (Å²) in [7, 11) is 1.87. The minimum absolute atomic E-state index is 0.340. The number of pyridine rings is 1. The average Bonchev–Trinajstić information content (AvgIpc) is 2.95. The van der Waals surface area contributed by atoms with Gasteiger partial charge in [0, 0.05) is 36.0 Å². The number of nitriles is 1. The van der Waals surface area contributed by atoms with E-state index in [0.717, 1.165) is 35.2 Å². The van der Waals surface area contributed by atoms with Gasteiger partial charge in [0.1, 0.15) is 17.5 Å². The highest BCUT2D eigenvalue weighted by molar-refractivity contribution is 5.78. The van der Waals surface area contributed by atoms with Gasteiger partial charge in [-0.25, -0.2) is 4.98 Å². The van der Waals surface area contributed by atoms with Crippen LogP contribution < -0.4 is 5.73 Å². The van der Waals surface area contributed by atoms with Crippen molar-refractivity contribution in [2.24, 2.45) is 7.05 Å². The van der Waals surface area contributed by atoms with Crippen LogP contribution in [0.4, 0.5) is 5.82 Å². The third kappa shape index (κ3) is 2.45. The topological polar surface area (TPSA) is 80.5 Å². The molecular formula is C17H21N5. The number of rotatable bonds is 2. The Hall–Kier alpha value is -2.35. The van der Waals surface area contributed by atoms with E-state index < -0.39 is 0 Å². The molecule has 1 fully saturated rings. The summed E-state index contributed by atoms with van der Waals surface area (Å²) in [5, 5.41) is 13.7. The fourth-order valence-electron chi connectivity index (χ4n) is 3.51. The fraction of sp³-hybridized carbons (Fsp3) is 0.471. The molecule has 5 heteroatoms. The zero-order chi connectivity index (χ0) is 15.7. The Morgan fingerprint density at radius 2 is 2.05 bits per heavy atom. The van der Waals surface area contributed by atoms with Crippen LogP contribution in [-0.4, -0.2) is 14.8 Å². The molecular weight excluding hydrogens is 274 g/mol. The maximum absolute atomic E-state index is 9.50. The lowest BCUT2D eigenvalue weighted by Crippen LogP contribution is -2.12. The number of aryl methyl sites for hydroxylation is 1. The van der Waals surface area contributed by atoms with E-state index >= 15 is 0 Å². The molecule has 0 atom stereocenters. The van der Waals surface area contributed by atoms with Gasteiger partial charge in [-0.15, -0.1) is 0 Å². The molecule has 1 aliphatic carbocycles. The van der Waals surface area contributed by atoms with Crippen LogP contribution in [0.1, 0.15) is 54.8 Å². The summed E-state index contributed by atoms with van der Waals surface area (Å²) in [5.74, 6) is 0.798. The standard InChI is InChI=1S/C17H21N5/c1-11-15(13-9-20-22(2)10-13)14(8-18)17(19)21-16(11)12-6-4-3-5-7-12/h9-10,12H,3-7H2,1-2H3,(H2,19,21). The van der Waals surface area contributed by atoms with Gasteiger partial charge >= 0.3 is 0 Å². The summed E-state index contributed by atoms with van der Waals surface area (Å²) in [6.45, 7) is 2.06. The van der Waals surface area contributed by atoms with Crippen molar-refractivity contribution >= 4 is 5.82 Å². The molecule has 3 rings (SSSR count). The van der Waals surface area contributed by atoms with Crippen molar-refractivity contribution in [1.82, 2.24) is 14.8 Å². The first-order valence-electron chi connectivity index (χ1n) is 7.81. The van der Waals surface area contributed by atoms with Gasteiger partial charge in [-0.2, -0.15) is 10.4 Å². The maximum Gasteiger partial charge on any atom is 0.142 e. The van der Waals surface area contributed by atoms with Crippen molar-refractivity contribution in [2.45, 2.75) is 44.9 Å². The van der Waals surface area contributed by atoms with Gasteiger partial charge in [-0.1, -0.05) is 19.3 Å². The molecule has 1 saturated carbocycles. The van der Waals surface area contributed by atoms with Crippen molar-refractivity contribution in [3.8, 4) is 17.2 Å². The second kappa shape index (κ2) is 5.80. The largest absolute Gasteiger partial charge is 0.383 e. The van der Waals surface area contributed by atoms with E-state index in [2.05, 4.69) is 23.1 Å². The summed E-state index contributed by atoms with van der Waals surface area (Å²) in [6.07, 6.45) is 9.82.